The van der Waals surface area contributed by atoms with Crippen molar-refractivity contribution in [3.63, 3.8) is 0 Å². The quantitative estimate of drug-likeness (QED) is 0.539. The predicted octanol–water partition coefficient (Wildman–Crippen LogP) is 1.39. The molecule has 0 saturated carbocycles. The van der Waals surface area contributed by atoms with Gasteiger partial charge in [0.25, 0.3) is 0 Å². The third-order valence-electron chi connectivity index (χ3n) is 7.51. The average molecular weight is 415 g/mol. The van der Waals surface area contributed by atoms with Gasteiger partial charge < -0.3 is 29.9 Å². The van der Waals surface area contributed by atoms with Crippen LogP contribution in [0.1, 0.15) is 66.2 Å². The molecule has 0 aromatic rings. The van der Waals surface area contributed by atoms with Crippen LogP contribution in [0, 0.1) is 23.7 Å². The van der Waals surface area contributed by atoms with Crippen molar-refractivity contribution in [1.29, 1.82) is 0 Å². The molecular formula is C22H38O7. The van der Waals surface area contributed by atoms with E-state index in [1.165, 1.54) is 0 Å². The monoisotopic (exact) mass is 414 g/mol. The van der Waals surface area contributed by atoms with Gasteiger partial charge in [-0.05, 0) is 38.5 Å². The molecule has 0 aliphatic carbocycles. The van der Waals surface area contributed by atoms with Crippen molar-refractivity contribution in [3.05, 3.63) is 0 Å². The first kappa shape index (κ1) is 23.1. The molecule has 4 aliphatic rings. The van der Waals surface area contributed by atoms with Crippen LogP contribution in [0.3, 0.4) is 0 Å². The van der Waals surface area contributed by atoms with E-state index in [-0.39, 0.29) is 24.0 Å². The molecule has 0 amide bonds. The molecule has 0 aromatic carbocycles. The lowest BCUT2D eigenvalue weighted by Gasteiger charge is -2.44. The van der Waals surface area contributed by atoms with Gasteiger partial charge in [0.2, 0.25) is 0 Å². The van der Waals surface area contributed by atoms with E-state index in [1.807, 2.05) is 20.8 Å². The van der Waals surface area contributed by atoms with Crippen LogP contribution in [0.4, 0.5) is 0 Å². The Balaban J connectivity index is 1.93. The first-order chi connectivity index (χ1) is 13.6. The van der Waals surface area contributed by atoms with E-state index < -0.39 is 54.2 Å². The van der Waals surface area contributed by atoms with Gasteiger partial charge in [-0.3, -0.25) is 4.79 Å². The number of hydrogen-bond donors (Lipinski definition) is 4. The Labute approximate surface area is 173 Å². The summed E-state index contributed by atoms with van der Waals surface area (Å²) in [4.78, 5) is 12.9. The minimum Gasteiger partial charge on any atom is -0.392 e. The van der Waals surface area contributed by atoms with E-state index in [9.17, 15) is 25.2 Å². The second-order valence-corrected chi connectivity index (χ2v) is 9.86. The van der Waals surface area contributed by atoms with Crippen molar-refractivity contribution in [2.45, 2.75) is 109 Å². The SMILES string of the molecule is CCCC1C2CC(=O)C(C)C(O)C(O)C3OC(C)(CCC(C(O)O2)C1O)CC3C. The molecule has 11 unspecified atom stereocenters. The van der Waals surface area contributed by atoms with Gasteiger partial charge in [0.05, 0.1) is 30.0 Å². The molecular weight excluding hydrogens is 376 g/mol. The fourth-order valence-corrected chi connectivity index (χ4v) is 5.68. The van der Waals surface area contributed by atoms with Gasteiger partial charge in [-0.25, -0.2) is 0 Å². The van der Waals surface area contributed by atoms with Crippen molar-refractivity contribution in [2.75, 3.05) is 0 Å². The summed E-state index contributed by atoms with van der Waals surface area (Å²) in [5, 5.41) is 43.1. The summed E-state index contributed by atoms with van der Waals surface area (Å²) in [6.07, 6.45) is -2.09. The highest BCUT2D eigenvalue weighted by molar-refractivity contribution is 5.81. The molecule has 7 heteroatoms. The molecule has 4 saturated heterocycles. The largest absolute Gasteiger partial charge is 0.392 e. The number of hydrogen-bond acceptors (Lipinski definition) is 7. The molecule has 4 aliphatic heterocycles. The summed E-state index contributed by atoms with van der Waals surface area (Å²) < 4.78 is 12.0. The minimum atomic E-state index is -1.24. The van der Waals surface area contributed by atoms with Crippen molar-refractivity contribution < 1.29 is 34.7 Å². The van der Waals surface area contributed by atoms with Crippen LogP contribution in [0.15, 0.2) is 0 Å². The summed E-state index contributed by atoms with van der Waals surface area (Å²) in [5.74, 6) is -1.71. The Bertz CT molecular complexity index is 584. The van der Waals surface area contributed by atoms with Crippen molar-refractivity contribution in [2.24, 2.45) is 23.7 Å². The van der Waals surface area contributed by atoms with Crippen LogP contribution in [0.2, 0.25) is 0 Å². The summed E-state index contributed by atoms with van der Waals surface area (Å²) >= 11 is 0. The summed E-state index contributed by atoms with van der Waals surface area (Å²) in [6, 6.07) is 0. The van der Waals surface area contributed by atoms with E-state index in [1.54, 1.807) is 6.92 Å². The van der Waals surface area contributed by atoms with Gasteiger partial charge in [-0.2, -0.15) is 0 Å². The van der Waals surface area contributed by atoms with E-state index >= 15 is 0 Å². The van der Waals surface area contributed by atoms with Crippen LogP contribution in [0.25, 0.3) is 0 Å². The first-order valence-electron chi connectivity index (χ1n) is 11.2. The Kier molecular flexibility index (Phi) is 7.08. The average Bonchev–Trinajstić information content (AvgIpc) is 2.96. The maximum atomic E-state index is 12.9. The van der Waals surface area contributed by atoms with Gasteiger partial charge in [0.1, 0.15) is 11.9 Å². The number of carbonyl (C=O) groups excluding carboxylic acids is 1. The van der Waals surface area contributed by atoms with E-state index in [0.29, 0.717) is 25.7 Å². The topological polar surface area (TPSA) is 116 Å². The standard InChI is InChI=1S/C22H38O7/c1-5-6-13-16-9-15(23)12(3)17(24)19(26)20-11(2)10-22(4,29-20)8-7-14(18(13)25)21(27)28-16/h11-14,16-21,24-27H,5-10H2,1-4H3. The molecule has 0 spiro atoms. The Hall–Kier alpha value is -0.570. The number of aliphatic hydroxyl groups is 4. The second kappa shape index (κ2) is 8.89. The maximum Gasteiger partial charge on any atom is 0.160 e. The summed E-state index contributed by atoms with van der Waals surface area (Å²) in [6.45, 7) is 7.57. The molecule has 4 rings (SSSR count). The van der Waals surface area contributed by atoms with Crippen LogP contribution in [-0.2, 0) is 14.3 Å². The number of fused-ring (bicyclic) bond motifs is 7. The van der Waals surface area contributed by atoms with Gasteiger partial charge in [-0.1, -0.05) is 27.2 Å². The molecule has 4 bridgehead atoms. The molecule has 4 fully saturated rings. The first-order valence-corrected chi connectivity index (χ1v) is 11.2. The van der Waals surface area contributed by atoms with Crippen LogP contribution < -0.4 is 0 Å². The zero-order valence-electron chi connectivity index (χ0n) is 18.0. The third kappa shape index (κ3) is 4.55. The van der Waals surface area contributed by atoms with Gasteiger partial charge in [0, 0.05) is 24.2 Å². The van der Waals surface area contributed by atoms with Crippen molar-refractivity contribution >= 4 is 5.78 Å². The summed E-state index contributed by atoms with van der Waals surface area (Å²) in [7, 11) is 0. The molecule has 4 N–H and O–H groups in total. The predicted molar refractivity (Wildman–Crippen MR) is 106 cm³/mol. The van der Waals surface area contributed by atoms with Gasteiger partial charge in [0.15, 0.2) is 6.29 Å². The highest BCUT2D eigenvalue weighted by atomic mass is 16.6. The highest BCUT2D eigenvalue weighted by Gasteiger charge is 2.50. The van der Waals surface area contributed by atoms with Crippen LogP contribution in [-0.4, -0.2) is 68.6 Å². The Morgan fingerprint density at radius 2 is 1.79 bits per heavy atom. The fraction of sp³-hybridized carbons (Fsp3) is 0.955. The number of ketones is 1. The van der Waals surface area contributed by atoms with E-state index in [2.05, 4.69) is 0 Å². The van der Waals surface area contributed by atoms with Crippen molar-refractivity contribution in [1.82, 2.24) is 0 Å². The lowest BCUT2D eigenvalue weighted by molar-refractivity contribution is -0.253. The molecule has 0 aromatic heterocycles. The Morgan fingerprint density at radius 3 is 2.45 bits per heavy atom. The number of aliphatic hydroxyl groups excluding tert-OH is 4. The number of carbonyl (C=O) groups is 1. The number of rotatable bonds is 2. The Morgan fingerprint density at radius 1 is 1.10 bits per heavy atom. The molecule has 29 heavy (non-hydrogen) atoms. The third-order valence-corrected chi connectivity index (χ3v) is 7.51. The van der Waals surface area contributed by atoms with Gasteiger partial charge in [-0.15, -0.1) is 0 Å². The normalized spacial score (nSPS) is 51.8. The van der Waals surface area contributed by atoms with E-state index in [4.69, 9.17) is 9.47 Å². The molecule has 168 valence electrons. The lowest BCUT2D eigenvalue weighted by Crippen LogP contribution is -2.53. The minimum absolute atomic E-state index is 0.00472. The zero-order valence-corrected chi connectivity index (χ0v) is 18.0. The number of ether oxygens (including phenoxy) is 2. The number of Topliss-reactive ketones (excluding diaryl/α,β-unsaturated/α-hetero) is 1. The van der Waals surface area contributed by atoms with Crippen LogP contribution in [0.5, 0.6) is 0 Å². The molecule has 0 radical (unpaired) electrons. The molecule has 4 heterocycles. The fourth-order valence-electron chi connectivity index (χ4n) is 5.68. The van der Waals surface area contributed by atoms with Crippen molar-refractivity contribution in [3.8, 4) is 0 Å². The highest BCUT2D eigenvalue weighted by Crippen LogP contribution is 2.44. The molecule has 7 nitrogen and oxygen atoms in total. The molecule has 11 atom stereocenters. The van der Waals surface area contributed by atoms with Crippen LogP contribution >= 0.6 is 0 Å². The summed E-state index contributed by atoms with van der Waals surface area (Å²) in [5.41, 5.74) is -0.529. The maximum absolute atomic E-state index is 12.9. The zero-order chi connectivity index (χ0) is 21.5. The van der Waals surface area contributed by atoms with E-state index in [0.717, 1.165) is 6.42 Å². The second-order valence-electron chi connectivity index (χ2n) is 9.86. The smallest absolute Gasteiger partial charge is 0.160 e. The van der Waals surface area contributed by atoms with Gasteiger partial charge >= 0.3 is 0 Å². The lowest BCUT2D eigenvalue weighted by atomic mass is 9.76.